The Morgan fingerprint density at radius 2 is 2.00 bits per heavy atom. The van der Waals surface area contributed by atoms with Crippen molar-refractivity contribution in [2.75, 3.05) is 19.9 Å². The lowest BCUT2D eigenvalue weighted by atomic mass is 10.1. The van der Waals surface area contributed by atoms with Crippen molar-refractivity contribution in [2.45, 2.75) is 6.42 Å². The Hall–Kier alpha value is -1.95. The molecule has 1 aromatic carbocycles. The maximum absolute atomic E-state index is 12.3. The van der Waals surface area contributed by atoms with Crippen LogP contribution in [0.1, 0.15) is 16.8 Å². The number of halogens is 1. The van der Waals surface area contributed by atoms with Crippen molar-refractivity contribution in [2.24, 2.45) is 5.92 Å². The van der Waals surface area contributed by atoms with E-state index >= 15 is 0 Å². The molecule has 0 bridgehead atoms. The van der Waals surface area contributed by atoms with Crippen LogP contribution >= 0.6 is 12.4 Å². The average Bonchev–Trinajstić information content (AvgIpc) is 3.06. The van der Waals surface area contributed by atoms with Gasteiger partial charge in [-0.15, -0.1) is 12.4 Å². The number of hydrogen-bond donors (Lipinski definition) is 1. The topological polar surface area (TPSA) is 76.1 Å². The van der Waals surface area contributed by atoms with Crippen LogP contribution < -0.4 is 9.47 Å². The van der Waals surface area contributed by atoms with Gasteiger partial charge in [-0.1, -0.05) is 0 Å². The first-order chi connectivity index (χ1) is 9.15. The lowest BCUT2D eigenvalue weighted by Gasteiger charge is -2.15. The van der Waals surface area contributed by atoms with Crippen LogP contribution in [-0.2, 0) is 4.79 Å². The Labute approximate surface area is 121 Å². The van der Waals surface area contributed by atoms with Crippen molar-refractivity contribution in [1.29, 1.82) is 0 Å². The first kappa shape index (κ1) is 14.5. The van der Waals surface area contributed by atoms with E-state index in [1.165, 1.54) is 0 Å². The molecule has 2 aliphatic rings. The Kier molecular flexibility index (Phi) is 4.04. The number of ether oxygens (including phenoxy) is 2. The van der Waals surface area contributed by atoms with Gasteiger partial charge in [-0.05, 0) is 24.6 Å². The van der Waals surface area contributed by atoms with E-state index < -0.39 is 11.9 Å². The fourth-order valence-electron chi connectivity index (χ4n) is 2.36. The minimum Gasteiger partial charge on any atom is -0.481 e. The zero-order valence-corrected chi connectivity index (χ0v) is 11.4. The van der Waals surface area contributed by atoms with Crippen LogP contribution in [0.25, 0.3) is 0 Å². The molecule has 0 radical (unpaired) electrons. The largest absolute Gasteiger partial charge is 0.481 e. The Balaban J connectivity index is 0.00000147. The van der Waals surface area contributed by atoms with Crippen LogP contribution in [0, 0.1) is 5.92 Å². The molecule has 1 aromatic rings. The van der Waals surface area contributed by atoms with E-state index in [4.69, 9.17) is 14.6 Å². The summed E-state index contributed by atoms with van der Waals surface area (Å²) in [6.07, 6.45) is 0.506. The van der Waals surface area contributed by atoms with Crippen LogP contribution in [0.15, 0.2) is 18.2 Å². The second kappa shape index (κ2) is 5.58. The van der Waals surface area contributed by atoms with Crippen molar-refractivity contribution in [1.82, 2.24) is 4.90 Å². The third-order valence-electron chi connectivity index (χ3n) is 3.44. The number of carbonyl (C=O) groups excluding carboxylic acids is 1. The van der Waals surface area contributed by atoms with Crippen molar-refractivity contribution >= 4 is 24.3 Å². The van der Waals surface area contributed by atoms with Gasteiger partial charge >= 0.3 is 5.97 Å². The molecule has 7 heteroatoms. The van der Waals surface area contributed by atoms with Gasteiger partial charge in [0.2, 0.25) is 6.79 Å². The van der Waals surface area contributed by atoms with Gasteiger partial charge in [-0.2, -0.15) is 0 Å². The zero-order chi connectivity index (χ0) is 13.4. The number of fused-ring (bicyclic) bond motifs is 1. The summed E-state index contributed by atoms with van der Waals surface area (Å²) in [6, 6.07) is 5.00. The molecule has 0 aromatic heterocycles. The molecule has 20 heavy (non-hydrogen) atoms. The smallest absolute Gasteiger partial charge is 0.308 e. The molecule has 0 saturated carbocycles. The summed E-state index contributed by atoms with van der Waals surface area (Å²) in [5.41, 5.74) is 0.496. The first-order valence-corrected chi connectivity index (χ1v) is 6.07. The minimum atomic E-state index is -0.846. The van der Waals surface area contributed by atoms with Gasteiger partial charge in [-0.25, -0.2) is 0 Å². The third kappa shape index (κ3) is 2.51. The predicted molar refractivity (Wildman–Crippen MR) is 71.5 cm³/mol. The highest BCUT2D eigenvalue weighted by molar-refractivity contribution is 5.95. The molecule has 0 aliphatic carbocycles. The molecular formula is C13H14ClNO5. The van der Waals surface area contributed by atoms with E-state index in [2.05, 4.69) is 0 Å². The molecule has 1 saturated heterocycles. The number of likely N-dealkylation sites (tertiary alicyclic amines) is 1. The van der Waals surface area contributed by atoms with E-state index in [-0.39, 0.29) is 31.7 Å². The van der Waals surface area contributed by atoms with Crippen LogP contribution in [0.5, 0.6) is 11.5 Å². The normalized spacial score (nSPS) is 19.6. The Morgan fingerprint density at radius 1 is 1.25 bits per heavy atom. The monoisotopic (exact) mass is 299 g/mol. The summed E-state index contributed by atoms with van der Waals surface area (Å²) < 4.78 is 10.4. The Morgan fingerprint density at radius 3 is 2.70 bits per heavy atom. The highest BCUT2D eigenvalue weighted by atomic mass is 35.5. The molecule has 1 unspecified atom stereocenters. The number of amides is 1. The van der Waals surface area contributed by atoms with Crippen molar-refractivity contribution < 1.29 is 24.2 Å². The number of nitrogens with zero attached hydrogens (tertiary/aromatic N) is 1. The fraction of sp³-hybridized carbons (Fsp3) is 0.385. The van der Waals surface area contributed by atoms with Gasteiger partial charge in [0.25, 0.3) is 5.91 Å². The van der Waals surface area contributed by atoms with Crippen molar-refractivity contribution in [3.05, 3.63) is 23.8 Å². The molecule has 0 spiro atoms. The summed E-state index contributed by atoms with van der Waals surface area (Å²) >= 11 is 0. The number of carboxylic acid groups (broad SMARTS) is 1. The van der Waals surface area contributed by atoms with E-state index in [1.807, 2.05) is 0 Å². The van der Waals surface area contributed by atoms with Crippen LogP contribution in [-0.4, -0.2) is 41.8 Å². The quantitative estimate of drug-likeness (QED) is 0.893. The standard InChI is InChI=1S/C13H13NO5.ClH/c15-12(14-4-3-9(6-14)13(16)17)8-1-2-10-11(5-8)19-7-18-10;/h1-2,5,9H,3-4,6-7H2,(H,16,17);1H. The van der Waals surface area contributed by atoms with Gasteiger partial charge in [0.05, 0.1) is 5.92 Å². The molecule has 3 rings (SSSR count). The third-order valence-corrected chi connectivity index (χ3v) is 3.44. The van der Waals surface area contributed by atoms with Gasteiger partial charge in [0.15, 0.2) is 11.5 Å². The molecule has 1 fully saturated rings. The second-order valence-electron chi connectivity index (χ2n) is 4.64. The highest BCUT2D eigenvalue weighted by Gasteiger charge is 2.31. The number of hydrogen-bond acceptors (Lipinski definition) is 4. The van der Waals surface area contributed by atoms with Gasteiger partial charge < -0.3 is 19.5 Å². The summed E-state index contributed by atoms with van der Waals surface area (Å²) in [6.45, 7) is 0.907. The van der Waals surface area contributed by atoms with Gasteiger partial charge in [0.1, 0.15) is 0 Å². The van der Waals surface area contributed by atoms with Crippen molar-refractivity contribution in [3.8, 4) is 11.5 Å². The second-order valence-corrected chi connectivity index (χ2v) is 4.64. The maximum Gasteiger partial charge on any atom is 0.308 e. The summed E-state index contributed by atoms with van der Waals surface area (Å²) in [7, 11) is 0. The van der Waals surface area contributed by atoms with Gasteiger partial charge in [-0.3, -0.25) is 9.59 Å². The fourth-order valence-corrected chi connectivity index (χ4v) is 2.36. The van der Waals surface area contributed by atoms with Crippen LogP contribution in [0.3, 0.4) is 0 Å². The molecule has 1 atom stereocenters. The Bertz CT molecular complexity index is 548. The molecule has 6 nitrogen and oxygen atoms in total. The van der Waals surface area contributed by atoms with Gasteiger partial charge in [0, 0.05) is 18.7 Å². The number of benzene rings is 1. The summed E-state index contributed by atoms with van der Waals surface area (Å²) in [5.74, 6) is -0.290. The predicted octanol–water partition coefficient (Wildman–Crippen LogP) is 1.38. The van der Waals surface area contributed by atoms with Crippen molar-refractivity contribution in [3.63, 3.8) is 0 Å². The van der Waals surface area contributed by atoms with E-state index in [0.717, 1.165) is 0 Å². The van der Waals surface area contributed by atoms with Crippen LogP contribution in [0.2, 0.25) is 0 Å². The summed E-state index contributed by atoms with van der Waals surface area (Å²) in [5, 5.41) is 8.94. The molecule has 108 valence electrons. The summed E-state index contributed by atoms with van der Waals surface area (Å²) in [4.78, 5) is 24.7. The molecule has 2 aliphatic heterocycles. The SMILES string of the molecule is Cl.O=C(O)C1CCN(C(=O)c2ccc3c(c2)OCO3)C1. The molecular weight excluding hydrogens is 286 g/mol. The lowest BCUT2D eigenvalue weighted by molar-refractivity contribution is -0.141. The first-order valence-electron chi connectivity index (χ1n) is 6.07. The van der Waals surface area contributed by atoms with Crippen LogP contribution in [0.4, 0.5) is 0 Å². The lowest BCUT2D eigenvalue weighted by Crippen LogP contribution is -2.29. The molecule has 1 amide bonds. The molecule has 2 heterocycles. The van der Waals surface area contributed by atoms with E-state index in [0.29, 0.717) is 30.0 Å². The minimum absolute atomic E-state index is 0. The molecule has 1 N–H and O–H groups in total. The maximum atomic E-state index is 12.3. The number of aliphatic carboxylic acids is 1. The number of carbonyl (C=O) groups is 2. The average molecular weight is 300 g/mol. The zero-order valence-electron chi connectivity index (χ0n) is 10.6. The number of carboxylic acids is 1. The van der Waals surface area contributed by atoms with E-state index in [9.17, 15) is 9.59 Å². The highest BCUT2D eigenvalue weighted by Crippen LogP contribution is 2.33. The van der Waals surface area contributed by atoms with E-state index in [1.54, 1.807) is 23.1 Å². The number of rotatable bonds is 2.